The van der Waals surface area contributed by atoms with E-state index in [1.807, 2.05) is 6.07 Å². The van der Waals surface area contributed by atoms with Crippen molar-refractivity contribution < 1.29 is 0 Å². The van der Waals surface area contributed by atoms with E-state index in [-0.39, 0.29) is 4.75 Å². The van der Waals surface area contributed by atoms with Crippen LogP contribution in [0.5, 0.6) is 0 Å². The zero-order valence-electron chi connectivity index (χ0n) is 8.53. The number of thioether (sulfide) groups is 1. The second-order valence-corrected chi connectivity index (χ2v) is 6.25. The number of hydrogen-bond acceptors (Lipinski definition) is 3. The van der Waals surface area contributed by atoms with Gasteiger partial charge in [-0.25, -0.2) is 0 Å². The van der Waals surface area contributed by atoms with Crippen LogP contribution in [0.2, 0.25) is 0 Å². The van der Waals surface area contributed by atoms with Crippen molar-refractivity contribution in [3.63, 3.8) is 0 Å². The molecule has 1 aliphatic heterocycles. The Morgan fingerprint density at radius 3 is 3.00 bits per heavy atom. The van der Waals surface area contributed by atoms with Crippen LogP contribution in [0, 0.1) is 0 Å². The van der Waals surface area contributed by atoms with Gasteiger partial charge in [0, 0.05) is 15.8 Å². The third-order valence-electron chi connectivity index (χ3n) is 2.62. The van der Waals surface area contributed by atoms with Gasteiger partial charge >= 0.3 is 0 Å². The van der Waals surface area contributed by atoms with Gasteiger partial charge in [0.25, 0.3) is 0 Å². The first kappa shape index (κ1) is 11.0. The van der Waals surface area contributed by atoms with Crippen molar-refractivity contribution in [1.29, 1.82) is 0 Å². The molecule has 4 heteroatoms. The molecule has 1 aromatic rings. The standard InChI is InChI=1S/C11H13BrN2S/c1-11(5-6-14-10(13)15-11)8-3-2-4-9(12)7-8/h2-4,7H,5-6H2,1H3,(H2,13,14). The minimum absolute atomic E-state index is 0.0651. The van der Waals surface area contributed by atoms with E-state index in [0.29, 0.717) is 5.17 Å². The van der Waals surface area contributed by atoms with E-state index in [9.17, 15) is 0 Å². The summed E-state index contributed by atoms with van der Waals surface area (Å²) in [6, 6.07) is 8.41. The Hall–Kier alpha value is -0.480. The van der Waals surface area contributed by atoms with Gasteiger partial charge in [-0.05, 0) is 31.0 Å². The first-order valence-corrected chi connectivity index (χ1v) is 6.46. The Balaban J connectivity index is 2.33. The largest absolute Gasteiger partial charge is 0.379 e. The van der Waals surface area contributed by atoms with Crippen molar-refractivity contribution in [2.75, 3.05) is 6.54 Å². The number of halogens is 1. The van der Waals surface area contributed by atoms with Gasteiger partial charge in [0.2, 0.25) is 0 Å². The van der Waals surface area contributed by atoms with Crippen molar-refractivity contribution in [3.05, 3.63) is 34.3 Å². The fourth-order valence-electron chi connectivity index (χ4n) is 1.71. The summed E-state index contributed by atoms with van der Waals surface area (Å²) in [7, 11) is 0. The highest BCUT2D eigenvalue weighted by Crippen LogP contribution is 2.42. The highest BCUT2D eigenvalue weighted by Gasteiger charge is 2.31. The van der Waals surface area contributed by atoms with E-state index in [4.69, 9.17) is 5.73 Å². The third kappa shape index (κ3) is 2.37. The first-order chi connectivity index (χ1) is 7.10. The van der Waals surface area contributed by atoms with Gasteiger partial charge in [-0.3, -0.25) is 4.99 Å². The van der Waals surface area contributed by atoms with E-state index in [2.05, 4.69) is 46.0 Å². The van der Waals surface area contributed by atoms with Crippen LogP contribution >= 0.6 is 27.7 Å². The van der Waals surface area contributed by atoms with Gasteiger partial charge in [0.1, 0.15) is 0 Å². The van der Waals surface area contributed by atoms with Crippen LogP contribution in [-0.2, 0) is 4.75 Å². The molecule has 80 valence electrons. The van der Waals surface area contributed by atoms with Gasteiger partial charge < -0.3 is 5.73 Å². The lowest BCUT2D eigenvalue weighted by Crippen LogP contribution is -2.28. The lowest BCUT2D eigenvalue weighted by Gasteiger charge is -2.31. The zero-order valence-corrected chi connectivity index (χ0v) is 10.9. The average molecular weight is 285 g/mol. The van der Waals surface area contributed by atoms with Crippen LogP contribution in [0.25, 0.3) is 0 Å². The van der Waals surface area contributed by atoms with Crippen LogP contribution in [0.3, 0.4) is 0 Å². The molecule has 1 aliphatic rings. The molecule has 2 rings (SSSR count). The predicted octanol–water partition coefficient (Wildman–Crippen LogP) is 3.12. The van der Waals surface area contributed by atoms with Crippen LogP contribution < -0.4 is 5.73 Å². The molecule has 1 atom stereocenters. The maximum absolute atomic E-state index is 5.79. The summed E-state index contributed by atoms with van der Waals surface area (Å²) in [5.74, 6) is 0. The monoisotopic (exact) mass is 284 g/mol. The smallest absolute Gasteiger partial charge is 0.154 e. The molecule has 15 heavy (non-hydrogen) atoms. The van der Waals surface area contributed by atoms with Crippen molar-refractivity contribution in [2.45, 2.75) is 18.1 Å². The van der Waals surface area contributed by atoms with Gasteiger partial charge in [0.15, 0.2) is 5.17 Å². The number of nitrogens with zero attached hydrogens (tertiary/aromatic N) is 1. The molecule has 1 aromatic carbocycles. The molecule has 0 bridgehead atoms. The summed E-state index contributed by atoms with van der Waals surface area (Å²) in [6.45, 7) is 3.04. The summed E-state index contributed by atoms with van der Waals surface area (Å²) in [5, 5.41) is 0.698. The van der Waals surface area contributed by atoms with Crippen LogP contribution in [0.1, 0.15) is 18.9 Å². The first-order valence-electron chi connectivity index (χ1n) is 4.85. The van der Waals surface area contributed by atoms with Crippen LogP contribution in [-0.4, -0.2) is 11.7 Å². The second kappa shape index (κ2) is 4.18. The fraction of sp³-hybridized carbons (Fsp3) is 0.364. The van der Waals surface area contributed by atoms with Crippen molar-refractivity contribution >= 4 is 32.9 Å². The minimum Gasteiger partial charge on any atom is -0.379 e. The van der Waals surface area contributed by atoms with E-state index in [1.165, 1.54) is 5.56 Å². The zero-order chi connectivity index (χ0) is 10.9. The lowest BCUT2D eigenvalue weighted by molar-refractivity contribution is 0.628. The molecular formula is C11H13BrN2S. The molecule has 0 spiro atoms. The molecule has 0 radical (unpaired) electrons. The molecule has 0 saturated heterocycles. The Kier molecular flexibility index (Phi) is 3.07. The highest BCUT2D eigenvalue weighted by molar-refractivity contribution is 9.10. The van der Waals surface area contributed by atoms with Crippen molar-refractivity contribution in [1.82, 2.24) is 0 Å². The van der Waals surface area contributed by atoms with E-state index in [1.54, 1.807) is 11.8 Å². The molecule has 0 saturated carbocycles. The number of nitrogens with two attached hydrogens (primary N) is 1. The quantitative estimate of drug-likeness (QED) is 0.861. The summed E-state index contributed by atoms with van der Waals surface area (Å²) >= 11 is 5.15. The molecule has 0 amide bonds. The Morgan fingerprint density at radius 2 is 2.33 bits per heavy atom. The Bertz CT molecular complexity index is 405. The molecule has 0 aliphatic carbocycles. The van der Waals surface area contributed by atoms with Gasteiger partial charge in [-0.2, -0.15) is 0 Å². The summed E-state index contributed by atoms with van der Waals surface area (Å²) in [5.41, 5.74) is 7.09. The predicted molar refractivity (Wildman–Crippen MR) is 70.2 cm³/mol. The molecule has 2 N–H and O–H groups in total. The van der Waals surface area contributed by atoms with Gasteiger partial charge in [-0.1, -0.05) is 39.8 Å². The minimum atomic E-state index is 0.0651. The summed E-state index contributed by atoms with van der Waals surface area (Å²) in [4.78, 5) is 4.22. The lowest BCUT2D eigenvalue weighted by atomic mass is 9.96. The number of aliphatic imine (C=N–C) groups is 1. The van der Waals surface area contributed by atoms with Gasteiger partial charge in [0.05, 0.1) is 0 Å². The van der Waals surface area contributed by atoms with Crippen LogP contribution in [0.15, 0.2) is 33.7 Å². The number of benzene rings is 1. The summed E-state index contributed by atoms with van der Waals surface area (Å²) in [6.07, 6.45) is 1.04. The van der Waals surface area contributed by atoms with E-state index >= 15 is 0 Å². The third-order valence-corrected chi connectivity index (χ3v) is 4.34. The van der Waals surface area contributed by atoms with Crippen molar-refractivity contribution in [2.24, 2.45) is 10.7 Å². The maximum Gasteiger partial charge on any atom is 0.154 e. The molecule has 1 heterocycles. The average Bonchev–Trinajstić information content (AvgIpc) is 2.17. The molecule has 2 nitrogen and oxygen atoms in total. The molecule has 0 fully saturated rings. The topological polar surface area (TPSA) is 38.4 Å². The number of hydrogen-bond donors (Lipinski definition) is 1. The fourth-order valence-corrected chi connectivity index (χ4v) is 3.17. The SMILES string of the molecule is CC1(c2cccc(Br)c2)CCN=C(N)S1. The maximum atomic E-state index is 5.79. The second-order valence-electron chi connectivity index (χ2n) is 3.81. The van der Waals surface area contributed by atoms with Crippen LogP contribution in [0.4, 0.5) is 0 Å². The number of rotatable bonds is 1. The highest BCUT2D eigenvalue weighted by atomic mass is 79.9. The normalized spacial score (nSPS) is 26.1. The Morgan fingerprint density at radius 1 is 1.53 bits per heavy atom. The van der Waals surface area contributed by atoms with Gasteiger partial charge in [-0.15, -0.1) is 0 Å². The molecule has 1 unspecified atom stereocenters. The molecule has 0 aromatic heterocycles. The Labute approximate surface area is 102 Å². The van der Waals surface area contributed by atoms with E-state index < -0.39 is 0 Å². The van der Waals surface area contributed by atoms with E-state index in [0.717, 1.165) is 17.4 Å². The summed E-state index contributed by atoms with van der Waals surface area (Å²) < 4.78 is 1.18. The number of amidine groups is 1. The van der Waals surface area contributed by atoms with Crippen molar-refractivity contribution in [3.8, 4) is 0 Å². The molecular weight excluding hydrogens is 272 g/mol.